The van der Waals surface area contributed by atoms with Crippen molar-refractivity contribution in [2.75, 3.05) is 10.6 Å². The van der Waals surface area contributed by atoms with Gasteiger partial charge in [0.15, 0.2) is 0 Å². The molecule has 0 aliphatic heterocycles. The van der Waals surface area contributed by atoms with Gasteiger partial charge in [0.05, 0.1) is 17.9 Å². The molecule has 0 saturated carbocycles. The number of benzene rings is 2. The quantitative estimate of drug-likeness (QED) is 0.320. The van der Waals surface area contributed by atoms with E-state index in [1.807, 2.05) is 27.7 Å². The van der Waals surface area contributed by atoms with Gasteiger partial charge in [-0.3, -0.25) is 0 Å². The molecule has 0 spiro atoms. The fraction of sp³-hybridized carbons (Fsp3) is 0.360. The van der Waals surface area contributed by atoms with Crippen LogP contribution in [0.3, 0.4) is 0 Å². The number of rotatable bonds is 10. The highest BCUT2D eigenvalue weighted by atomic mass is 19.4. The number of nitrogens with zero attached hydrogens (tertiary/aromatic N) is 2. The molecule has 0 radical (unpaired) electrons. The van der Waals surface area contributed by atoms with E-state index in [1.54, 1.807) is 48.5 Å². The summed E-state index contributed by atoms with van der Waals surface area (Å²) in [5.41, 5.74) is 0.0147. The zero-order valence-electron chi connectivity index (χ0n) is 19.6. The number of halogens is 3. The van der Waals surface area contributed by atoms with E-state index < -0.39 is 11.7 Å². The molecule has 0 fully saturated rings. The maximum atomic E-state index is 13.7. The Morgan fingerprint density at radius 2 is 1.53 bits per heavy atom. The number of hydrogen-bond acceptors (Lipinski definition) is 6. The molecule has 0 amide bonds. The lowest BCUT2D eigenvalue weighted by Gasteiger charge is -2.19. The maximum Gasteiger partial charge on any atom is 0.421 e. The minimum atomic E-state index is -4.64. The van der Waals surface area contributed by atoms with Crippen LogP contribution >= 0.6 is 0 Å². The first kappa shape index (κ1) is 25.1. The molecule has 3 aromatic rings. The van der Waals surface area contributed by atoms with Gasteiger partial charge < -0.3 is 20.1 Å². The van der Waals surface area contributed by atoms with Gasteiger partial charge in [-0.15, -0.1) is 0 Å². The molecule has 2 unspecified atom stereocenters. The van der Waals surface area contributed by atoms with Crippen LogP contribution in [0.25, 0.3) is 0 Å². The van der Waals surface area contributed by atoms with Gasteiger partial charge in [-0.05, 0) is 63.1 Å². The van der Waals surface area contributed by atoms with E-state index >= 15 is 0 Å². The van der Waals surface area contributed by atoms with Crippen LogP contribution in [0, 0.1) is 0 Å². The van der Waals surface area contributed by atoms with E-state index in [0.717, 1.165) is 19.0 Å². The van der Waals surface area contributed by atoms with Crippen molar-refractivity contribution in [3.63, 3.8) is 0 Å². The number of para-hydroxylation sites is 2. The molecule has 0 aliphatic rings. The Balaban J connectivity index is 1.87. The van der Waals surface area contributed by atoms with Crippen molar-refractivity contribution in [3.8, 4) is 11.5 Å². The first-order valence-corrected chi connectivity index (χ1v) is 11.2. The zero-order chi connectivity index (χ0) is 24.7. The Labute approximate surface area is 197 Å². The molecule has 3 rings (SSSR count). The Morgan fingerprint density at radius 1 is 0.882 bits per heavy atom. The predicted octanol–water partition coefficient (Wildman–Crippen LogP) is 7.34. The summed E-state index contributed by atoms with van der Waals surface area (Å²) in [6.07, 6.45) is -2.26. The highest BCUT2D eigenvalue weighted by molar-refractivity contribution is 5.67. The van der Waals surface area contributed by atoms with Crippen LogP contribution in [0.15, 0.2) is 54.7 Å². The molecule has 9 heteroatoms. The standard InChI is InChI=1S/C25H29F3N4O2/c1-5-16(3)33-19-13-11-18(12-14-19)30-24-29-15-20(25(26,27)28)23(32-24)31-21-9-7-8-10-22(21)34-17(4)6-2/h7-17H,5-6H2,1-4H3,(H2,29,30,31,32). The third-order valence-corrected chi connectivity index (χ3v) is 5.16. The molecule has 0 saturated heterocycles. The second-order valence-corrected chi connectivity index (χ2v) is 7.90. The van der Waals surface area contributed by atoms with Gasteiger partial charge in [-0.2, -0.15) is 18.2 Å². The van der Waals surface area contributed by atoms with Crippen molar-refractivity contribution in [1.29, 1.82) is 0 Å². The first-order valence-electron chi connectivity index (χ1n) is 11.2. The molecular formula is C25H29F3N4O2. The Morgan fingerprint density at radius 3 is 2.18 bits per heavy atom. The molecule has 2 aromatic carbocycles. The number of ether oxygens (including phenoxy) is 2. The molecule has 6 nitrogen and oxygen atoms in total. The Kier molecular flexibility index (Phi) is 8.20. The van der Waals surface area contributed by atoms with Crippen LogP contribution in [0.1, 0.15) is 46.1 Å². The van der Waals surface area contributed by atoms with Crippen LogP contribution in [0.5, 0.6) is 11.5 Å². The van der Waals surface area contributed by atoms with Crippen LogP contribution < -0.4 is 20.1 Å². The summed E-state index contributed by atoms with van der Waals surface area (Å²) in [6, 6.07) is 13.9. The van der Waals surface area contributed by atoms with E-state index in [2.05, 4.69) is 20.6 Å². The summed E-state index contributed by atoms with van der Waals surface area (Å²) >= 11 is 0. The second-order valence-electron chi connectivity index (χ2n) is 7.90. The smallest absolute Gasteiger partial charge is 0.421 e. The predicted molar refractivity (Wildman–Crippen MR) is 127 cm³/mol. The minimum absolute atomic E-state index is 0.0198. The fourth-order valence-corrected chi connectivity index (χ4v) is 2.91. The van der Waals surface area contributed by atoms with Crippen molar-refractivity contribution < 1.29 is 22.6 Å². The molecular weight excluding hydrogens is 445 g/mol. The monoisotopic (exact) mass is 474 g/mol. The zero-order valence-corrected chi connectivity index (χ0v) is 19.6. The maximum absolute atomic E-state index is 13.7. The molecule has 2 atom stereocenters. The lowest BCUT2D eigenvalue weighted by Crippen LogP contribution is -2.14. The van der Waals surface area contributed by atoms with Gasteiger partial charge in [0.25, 0.3) is 0 Å². The minimum Gasteiger partial charge on any atom is -0.491 e. The van der Waals surface area contributed by atoms with Gasteiger partial charge in [0.2, 0.25) is 5.95 Å². The fourth-order valence-electron chi connectivity index (χ4n) is 2.91. The van der Waals surface area contributed by atoms with E-state index in [0.29, 0.717) is 22.9 Å². The summed E-state index contributed by atoms with van der Waals surface area (Å²) in [5, 5.41) is 5.73. The number of nitrogens with one attached hydrogen (secondary N) is 2. The summed E-state index contributed by atoms with van der Waals surface area (Å²) < 4.78 is 52.6. The highest BCUT2D eigenvalue weighted by Gasteiger charge is 2.35. The summed E-state index contributed by atoms with van der Waals surface area (Å²) in [6.45, 7) is 7.86. The van der Waals surface area contributed by atoms with E-state index in [-0.39, 0.29) is 24.0 Å². The molecule has 182 valence electrons. The van der Waals surface area contributed by atoms with Gasteiger partial charge in [-0.25, -0.2) is 4.98 Å². The second kappa shape index (κ2) is 11.1. The topological polar surface area (TPSA) is 68.3 Å². The number of hydrogen-bond donors (Lipinski definition) is 2. The molecule has 34 heavy (non-hydrogen) atoms. The third kappa shape index (κ3) is 6.76. The first-order chi connectivity index (χ1) is 16.2. The SMILES string of the molecule is CCC(C)Oc1ccc(Nc2ncc(C(F)(F)F)c(Nc3ccccc3OC(C)CC)n2)cc1. The van der Waals surface area contributed by atoms with Crippen molar-refractivity contribution >= 4 is 23.1 Å². The highest BCUT2D eigenvalue weighted by Crippen LogP contribution is 2.37. The van der Waals surface area contributed by atoms with E-state index in [1.165, 1.54) is 0 Å². The van der Waals surface area contributed by atoms with Crippen molar-refractivity contribution in [1.82, 2.24) is 9.97 Å². The van der Waals surface area contributed by atoms with Crippen LogP contribution in [-0.2, 0) is 6.18 Å². The number of alkyl halides is 3. The van der Waals surface area contributed by atoms with E-state index in [9.17, 15) is 13.2 Å². The average molecular weight is 475 g/mol. The number of anilines is 4. The summed E-state index contributed by atoms with van der Waals surface area (Å²) in [7, 11) is 0. The van der Waals surface area contributed by atoms with E-state index in [4.69, 9.17) is 9.47 Å². The molecule has 2 N–H and O–H groups in total. The normalized spacial score (nSPS) is 13.1. The van der Waals surface area contributed by atoms with Gasteiger partial charge in [0.1, 0.15) is 22.9 Å². The molecule has 0 aliphatic carbocycles. The van der Waals surface area contributed by atoms with Gasteiger partial charge >= 0.3 is 6.18 Å². The summed E-state index contributed by atoms with van der Waals surface area (Å²) in [4.78, 5) is 7.98. The molecule has 1 heterocycles. The van der Waals surface area contributed by atoms with Crippen LogP contribution in [-0.4, -0.2) is 22.2 Å². The molecule has 0 bridgehead atoms. The van der Waals surface area contributed by atoms with Crippen molar-refractivity contribution in [3.05, 3.63) is 60.3 Å². The Bertz CT molecular complexity index is 1070. The van der Waals surface area contributed by atoms with Crippen molar-refractivity contribution in [2.45, 2.75) is 58.9 Å². The largest absolute Gasteiger partial charge is 0.491 e. The van der Waals surface area contributed by atoms with Gasteiger partial charge in [-0.1, -0.05) is 26.0 Å². The lowest BCUT2D eigenvalue weighted by molar-refractivity contribution is -0.137. The van der Waals surface area contributed by atoms with Crippen molar-refractivity contribution in [2.24, 2.45) is 0 Å². The Hall–Kier alpha value is -3.49. The van der Waals surface area contributed by atoms with Crippen LogP contribution in [0.2, 0.25) is 0 Å². The average Bonchev–Trinajstić information content (AvgIpc) is 2.81. The number of aromatic nitrogens is 2. The summed E-state index contributed by atoms with van der Waals surface area (Å²) in [5.74, 6) is 0.789. The lowest BCUT2D eigenvalue weighted by atomic mass is 10.2. The molecule has 1 aromatic heterocycles. The third-order valence-electron chi connectivity index (χ3n) is 5.16. The van der Waals surface area contributed by atoms with Gasteiger partial charge in [0, 0.05) is 11.9 Å². The van der Waals surface area contributed by atoms with Crippen LogP contribution in [0.4, 0.5) is 36.3 Å².